The van der Waals surface area contributed by atoms with Gasteiger partial charge in [-0.15, -0.1) is 6.58 Å². The van der Waals surface area contributed by atoms with Crippen molar-refractivity contribution in [1.82, 2.24) is 19.9 Å². The highest BCUT2D eigenvalue weighted by atomic mass is 35.5. The summed E-state index contributed by atoms with van der Waals surface area (Å²) in [6, 6.07) is 0. The van der Waals surface area contributed by atoms with Gasteiger partial charge in [0.25, 0.3) is 0 Å². The van der Waals surface area contributed by atoms with Crippen molar-refractivity contribution in [2.45, 2.75) is 51.4 Å². The number of carbonyl (C=O) groups excluding carboxylic acids is 1. The van der Waals surface area contributed by atoms with Crippen molar-refractivity contribution in [1.29, 1.82) is 0 Å². The molecule has 222 valence electrons. The molecule has 0 aromatic carbocycles. The van der Waals surface area contributed by atoms with Crippen molar-refractivity contribution >= 4 is 41.4 Å². The van der Waals surface area contributed by atoms with Gasteiger partial charge >= 0.3 is 0 Å². The molecule has 0 radical (unpaired) electrons. The van der Waals surface area contributed by atoms with Crippen LogP contribution in [0.5, 0.6) is 0 Å². The number of allylic oxidation sites excluding steroid dienone is 1. The first-order valence-electron chi connectivity index (χ1n) is 15.2. The molecular weight excluding hydrogens is 559 g/mol. The first-order valence-corrected chi connectivity index (χ1v) is 15.9. The van der Waals surface area contributed by atoms with E-state index in [0.717, 1.165) is 94.6 Å². The van der Waals surface area contributed by atoms with E-state index in [1.54, 1.807) is 24.8 Å². The molecular formula is C31H42Cl2N6O2. The van der Waals surface area contributed by atoms with Crippen molar-refractivity contribution in [3.05, 3.63) is 47.5 Å². The first-order chi connectivity index (χ1) is 20.1. The molecule has 8 nitrogen and oxygen atoms in total. The van der Waals surface area contributed by atoms with Gasteiger partial charge in [0.2, 0.25) is 11.9 Å². The second-order valence-electron chi connectivity index (χ2n) is 11.9. The Balaban J connectivity index is 0.000000141. The largest absolute Gasteiger partial charge is 0.381 e. The molecule has 2 aromatic heterocycles. The summed E-state index contributed by atoms with van der Waals surface area (Å²) in [5, 5.41) is 1.17. The number of hydrogen-bond acceptors (Lipinski definition) is 8. The molecule has 2 saturated carbocycles. The van der Waals surface area contributed by atoms with Crippen LogP contribution < -0.4 is 9.80 Å². The maximum absolute atomic E-state index is 10.7. The second-order valence-corrected chi connectivity index (χ2v) is 12.7. The zero-order valence-electron chi connectivity index (χ0n) is 23.8. The molecule has 2 aromatic rings. The molecule has 5 aliphatic rings. The number of aldehydes is 1. The minimum absolute atomic E-state index is 0.341. The van der Waals surface area contributed by atoms with Gasteiger partial charge < -0.3 is 19.3 Å². The summed E-state index contributed by atoms with van der Waals surface area (Å²) in [5.74, 6) is 5.84. The van der Waals surface area contributed by atoms with Crippen LogP contribution in [-0.2, 0) is 9.53 Å². The number of aromatic nitrogens is 4. The maximum Gasteiger partial charge on any atom is 0.225 e. The zero-order chi connectivity index (χ0) is 28.6. The molecule has 3 saturated heterocycles. The Labute approximate surface area is 253 Å². The number of hydrogen-bond donors (Lipinski definition) is 0. The van der Waals surface area contributed by atoms with Crippen LogP contribution in [0.15, 0.2) is 37.4 Å². The average Bonchev–Trinajstić information content (AvgIpc) is 3.92. The van der Waals surface area contributed by atoms with E-state index < -0.39 is 0 Å². The predicted molar refractivity (Wildman–Crippen MR) is 163 cm³/mol. The van der Waals surface area contributed by atoms with Crippen molar-refractivity contribution < 1.29 is 9.53 Å². The highest BCUT2D eigenvalue weighted by Crippen LogP contribution is 2.48. The minimum Gasteiger partial charge on any atom is -0.381 e. The second kappa shape index (κ2) is 14.7. The summed E-state index contributed by atoms with van der Waals surface area (Å²) in [6.45, 7) is 9.98. The lowest BCUT2D eigenvalue weighted by Gasteiger charge is -2.32. The Morgan fingerprint density at radius 2 is 1.15 bits per heavy atom. The standard InChI is InChI=1S/C14H18ClN3.C13H16ClN3O.C4H8O/c1-2-10-7-13(10)11-3-5-18(6-4-11)14-16-8-12(15)9-17-14;14-11-6-15-13(16-7-11)17-3-1-9(2-4-17)12-5-10(12)8-18;1-2-4-5-3-1/h2,8-11,13H,1,3-7H2;6-10,12H,1-5H2;1-4H2/t10-,13+;10-,12+;/m10./s1. The lowest BCUT2D eigenvalue weighted by atomic mass is 9.91. The molecule has 0 bridgehead atoms. The van der Waals surface area contributed by atoms with Crippen LogP contribution in [0.2, 0.25) is 10.0 Å². The van der Waals surface area contributed by atoms with Crippen molar-refractivity contribution in [2.75, 3.05) is 49.2 Å². The Bertz CT molecular complexity index is 1010. The van der Waals surface area contributed by atoms with Crippen LogP contribution >= 0.6 is 23.2 Å². The third-order valence-corrected chi connectivity index (χ3v) is 9.55. The number of carbonyl (C=O) groups is 1. The Kier molecular flexibility index (Phi) is 10.9. The van der Waals surface area contributed by atoms with Gasteiger partial charge in [-0.05, 0) is 81.0 Å². The van der Waals surface area contributed by atoms with Crippen LogP contribution in [0.25, 0.3) is 0 Å². The summed E-state index contributed by atoms with van der Waals surface area (Å²) in [5.41, 5.74) is 0. The minimum atomic E-state index is 0.341. The number of anilines is 2. The quantitative estimate of drug-likeness (QED) is 0.288. The van der Waals surface area contributed by atoms with E-state index in [9.17, 15) is 4.79 Å². The summed E-state index contributed by atoms with van der Waals surface area (Å²) in [6.07, 6.45) is 19.7. The van der Waals surface area contributed by atoms with E-state index in [4.69, 9.17) is 27.9 Å². The maximum atomic E-state index is 10.7. The van der Waals surface area contributed by atoms with E-state index in [2.05, 4.69) is 42.4 Å². The molecule has 5 heterocycles. The summed E-state index contributed by atoms with van der Waals surface area (Å²) < 4.78 is 4.94. The fraction of sp³-hybridized carbons (Fsp3) is 0.645. The highest BCUT2D eigenvalue weighted by molar-refractivity contribution is 6.30. The SMILES string of the molecule is C1CCOC1.C=C[C@@H]1C[C@@H]1C1CCN(c2ncc(Cl)cn2)CC1.O=C[C@@H]1C[C@@H]1C1CCN(c2ncc(Cl)cn2)CC1. The molecule has 41 heavy (non-hydrogen) atoms. The average molecular weight is 602 g/mol. The van der Waals surface area contributed by atoms with Crippen molar-refractivity contribution in [2.24, 2.45) is 35.5 Å². The number of ether oxygens (including phenoxy) is 1. The van der Waals surface area contributed by atoms with E-state index in [1.165, 1.54) is 32.1 Å². The van der Waals surface area contributed by atoms with Gasteiger partial charge in [0, 0.05) is 45.3 Å². The van der Waals surface area contributed by atoms with Gasteiger partial charge in [-0.3, -0.25) is 0 Å². The van der Waals surface area contributed by atoms with E-state index in [1.807, 2.05) is 0 Å². The third-order valence-electron chi connectivity index (χ3n) is 9.16. The molecule has 7 rings (SSSR count). The molecule has 0 spiro atoms. The molecule has 0 unspecified atom stereocenters. The molecule has 0 N–H and O–H groups in total. The summed E-state index contributed by atoms with van der Waals surface area (Å²) in [4.78, 5) is 32.2. The lowest BCUT2D eigenvalue weighted by Crippen LogP contribution is -2.35. The first kappa shape index (κ1) is 30.2. The normalized spacial score (nSPS) is 27.7. The van der Waals surface area contributed by atoms with E-state index in [-0.39, 0.29) is 0 Å². The summed E-state index contributed by atoms with van der Waals surface area (Å²) >= 11 is 11.6. The van der Waals surface area contributed by atoms with E-state index in [0.29, 0.717) is 27.8 Å². The lowest BCUT2D eigenvalue weighted by molar-refractivity contribution is -0.109. The monoisotopic (exact) mass is 600 g/mol. The topological polar surface area (TPSA) is 84.3 Å². The van der Waals surface area contributed by atoms with Crippen LogP contribution in [-0.4, -0.2) is 65.6 Å². The van der Waals surface area contributed by atoms with Crippen LogP contribution in [0.4, 0.5) is 11.9 Å². The fourth-order valence-corrected chi connectivity index (χ4v) is 6.68. The van der Waals surface area contributed by atoms with Crippen LogP contribution in [0, 0.1) is 35.5 Å². The van der Waals surface area contributed by atoms with E-state index >= 15 is 0 Å². The molecule has 3 aliphatic heterocycles. The molecule has 0 amide bonds. The third kappa shape index (κ3) is 8.62. The van der Waals surface area contributed by atoms with Crippen LogP contribution in [0.3, 0.4) is 0 Å². The van der Waals surface area contributed by atoms with Crippen LogP contribution in [0.1, 0.15) is 51.4 Å². The number of halogens is 2. The Morgan fingerprint density at radius 3 is 1.46 bits per heavy atom. The van der Waals surface area contributed by atoms with Gasteiger partial charge in [0.15, 0.2) is 0 Å². The number of piperidine rings is 2. The van der Waals surface area contributed by atoms with Gasteiger partial charge in [0.1, 0.15) is 6.29 Å². The van der Waals surface area contributed by atoms with Gasteiger partial charge in [-0.2, -0.15) is 0 Å². The summed E-state index contributed by atoms with van der Waals surface area (Å²) in [7, 11) is 0. The van der Waals surface area contributed by atoms with Crippen molar-refractivity contribution in [3.8, 4) is 0 Å². The van der Waals surface area contributed by atoms with Gasteiger partial charge in [0.05, 0.1) is 34.8 Å². The Morgan fingerprint density at radius 1 is 0.732 bits per heavy atom. The number of nitrogens with zero attached hydrogens (tertiary/aromatic N) is 6. The van der Waals surface area contributed by atoms with Gasteiger partial charge in [-0.25, -0.2) is 19.9 Å². The fourth-order valence-electron chi connectivity index (χ4n) is 6.49. The highest BCUT2D eigenvalue weighted by Gasteiger charge is 2.43. The molecule has 2 aliphatic carbocycles. The molecule has 10 heteroatoms. The predicted octanol–water partition coefficient (Wildman–Crippen LogP) is 6.15. The van der Waals surface area contributed by atoms with Gasteiger partial charge in [-0.1, -0.05) is 29.3 Å². The zero-order valence-corrected chi connectivity index (χ0v) is 25.3. The Hall–Kier alpha value is -2.29. The smallest absolute Gasteiger partial charge is 0.225 e. The number of rotatable bonds is 6. The molecule has 5 fully saturated rings. The van der Waals surface area contributed by atoms with Crippen molar-refractivity contribution in [3.63, 3.8) is 0 Å². The molecule has 4 atom stereocenters.